The number of anilines is 1. The minimum Gasteiger partial charge on any atom is -0.492 e. The fraction of sp³-hybridized carbons (Fsp3) is 0.500. The minimum atomic E-state index is -1.35. The maximum atomic E-state index is 15.2. The summed E-state index contributed by atoms with van der Waals surface area (Å²) in [5.74, 6) is -1.74. The highest BCUT2D eigenvalue weighted by atomic mass is 19.1. The molecule has 158 valence electrons. The van der Waals surface area contributed by atoms with Crippen LogP contribution in [0.3, 0.4) is 0 Å². The van der Waals surface area contributed by atoms with Crippen LogP contribution < -0.4 is 15.1 Å². The van der Waals surface area contributed by atoms with Crippen LogP contribution >= 0.6 is 0 Å². The molecule has 29 heavy (non-hydrogen) atoms. The van der Waals surface area contributed by atoms with Crippen LogP contribution in [-0.4, -0.2) is 74.1 Å². The van der Waals surface area contributed by atoms with Crippen LogP contribution in [0, 0.1) is 5.82 Å². The molecular formula is C20H26FN3O5. The van der Waals surface area contributed by atoms with Crippen molar-refractivity contribution >= 4 is 22.6 Å². The van der Waals surface area contributed by atoms with E-state index in [1.165, 1.54) is 13.3 Å². The molecule has 1 saturated heterocycles. The summed E-state index contributed by atoms with van der Waals surface area (Å²) in [6, 6.07) is 1.12. The third-order valence-electron chi connectivity index (χ3n) is 5.04. The van der Waals surface area contributed by atoms with Gasteiger partial charge in [-0.05, 0) is 27.1 Å². The van der Waals surface area contributed by atoms with Gasteiger partial charge in [-0.25, -0.2) is 9.18 Å². The number of benzene rings is 1. The van der Waals surface area contributed by atoms with E-state index in [0.29, 0.717) is 38.3 Å². The molecule has 0 saturated carbocycles. The van der Waals surface area contributed by atoms with Gasteiger partial charge in [0.1, 0.15) is 11.3 Å². The molecule has 2 heterocycles. The molecule has 1 fully saturated rings. The second-order valence-electron chi connectivity index (χ2n) is 7.30. The van der Waals surface area contributed by atoms with E-state index in [1.54, 1.807) is 4.57 Å². The second-order valence-corrected chi connectivity index (χ2v) is 7.30. The number of carboxylic acids is 1. The van der Waals surface area contributed by atoms with Crippen molar-refractivity contribution in [1.29, 1.82) is 0 Å². The summed E-state index contributed by atoms with van der Waals surface area (Å²) in [7, 11) is 5.31. The highest BCUT2D eigenvalue weighted by molar-refractivity contribution is 5.97. The van der Waals surface area contributed by atoms with Gasteiger partial charge in [-0.1, -0.05) is 0 Å². The van der Waals surface area contributed by atoms with E-state index >= 15 is 4.39 Å². The third-order valence-corrected chi connectivity index (χ3v) is 5.04. The Morgan fingerprint density at radius 2 is 2.17 bits per heavy atom. The summed E-state index contributed by atoms with van der Waals surface area (Å²) in [5.41, 5.74) is -0.479. The number of fused-ring (bicyclic) bond motifs is 1. The van der Waals surface area contributed by atoms with E-state index in [1.807, 2.05) is 30.8 Å². The SMILES string of the molecule is CCn1cc(C(=O)O)c(=O)c2cc(F)c(N3CCOC(CN(C)C)C3)c(OC)c21. The Labute approximate surface area is 168 Å². The Hall–Kier alpha value is -2.65. The van der Waals surface area contributed by atoms with E-state index in [2.05, 4.69) is 0 Å². The zero-order valence-electron chi connectivity index (χ0n) is 17.1. The molecule has 3 rings (SSSR count). The van der Waals surface area contributed by atoms with Crippen molar-refractivity contribution < 1.29 is 23.8 Å². The van der Waals surface area contributed by atoms with Crippen molar-refractivity contribution in [2.24, 2.45) is 0 Å². The average Bonchev–Trinajstić information content (AvgIpc) is 2.67. The number of hydrogen-bond donors (Lipinski definition) is 1. The van der Waals surface area contributed by atoms with Crippen LogP contribution in [-0.2, 0) is 11.3 Å². The molecular weight excluding hydrogens is 381 g/mol. The highest BCUT2D eigenvalue weighted by Crippen LogP contribution is 2.38. The predicted molar refractivity (Wildman–Crippen MR) is 108 cm³/mol. The van der Waals surface area contributed by atoms with E-state index in [9.17, 15) is 14.7 Å². The van der Waals surface area contributed by atoms with Gasteiger partial charge < -0.3 is 28.9 Å². The van der Waals surface area contributed by atoms with Crippen molar-refractivity contribution in [1.82, 2.24) is 9.47 Å². The van der Waals surface area contributed by atoms with Crippen LogP contribution in [0.1, 0.15) is 17.3 Å². The molecule has 0 radical (unpaired) electrons. The first kappa shape index (κ1) is 21.1. The standard InChI is InChI=1S/C20H26FN3O5/c1-5-23-11-14(20(26)27)18(25)13-8-15(21)17(19(28-4)16(13)23)24-6-7-29-12(10-24)9-22(2)3/h8,11-12H,5-7,9-10H2,1-4H3,(H,26,27). The summed E-state index contributed by atoms with van der Waals surface area (Å²) in [5, 5.41) is 9.32. The maximum Gasteiger partial charge on any atom is 0.341 e. The Morgan fingerprint density at radius 3 is 2.76 bits per heavy atom. The molecule has 2 aromatic rings. The normalized spacial score (nSPS) is 17.2. The lowest BCUT2D eigenvalue weighted by molar-refractivity contribution is 0.0245. The highest BCUT2D eigenvalue weighted by Gasteiger charge is 2.29. The van der Waals surface area contributed by atoms with Crippen molar-refractivity contribution in [3.05, 3.63) is 33.9 Å². The number of likely N-dealkylation sites (N-methyl/N-ethyl adjacent to an activating group) is 1. The number of halogens is 1. The Kier molecular flexibility index (Phi) is 6.09. The Balaban J connectivity index is 2.21. The van der Waals surface area contributed by atoms with E-state index < -0.39 is 22.8 Å². The molecule has 8 nitrogen and oxygen atoms in total. The van der Waals surface area contributed by atoms with Gasteiger partial charge in [0.15, 0.2) is 11.6 Å². The third kappa shape index (κ3) is 3.92. The van der Waals surface area contributed by atoms with E-state index in [-0.39, 0.29) is 22.9 Å². The molecule has 0 spiro atoms. The Morgan fingerprint density at radius 1 is 1.45 bits per heavy atom. The summed E-state index contributed by atoms with van der Waals surface area (Å²) >= 11 is 0. The Bertz CT molecular complexity index is 988. The van der Waals surface area contributed by atoms with E-state index in [0.717, 1.165) is 6.07 Å². The second kappa shape index (κ2) is 8.38. The largest absolute Gasteiger partial charge is 0.492 e. The summed E-state index contributed by atoms with van der Waals surface area (Å²) in [4.78, 5) is 28.0. The maximum absolute atomic E-state index is 15.2. The van der Waals surface area contributed by atoms with Crippen LogP contribution in [0.25, 0.3) is 10.9 Å². The minimum absolute atomic E-state index is 0.0112. The van der Waals surface area contributed by atoms with Crippen molar-refractivity contribution in [2.45, 2.75) is 19.6 Å². The van der Waals surface area contributed by atoms with Crippen LogP contribution in [0.15, 0.2) is 17.1 Å². The van der Waals surface area contributed by atoms with Gasteiger partial charge in [0, 0.05) is 32.4 Å². The molecule has 1 aliphatic rings. The zero-order valence-corrected chi connectivity index (χ0v) is 17.1. The number of nitrogens with zero attached hydrogens (tertiary/aromatic N) is 3. The number of methoxy groups -OCH3 is 1. The first-order chi connectivity index (χ1) is 13.8. The topological polar surface area (TPSA) is 84.2 Å². The molecule has 1 N–H and O–H groups in total. The monoisotopic (exact) mass is 407 g/mol. The number of aromatic nitrogens is 1. The summed E-state index contributed by atoms with van der Waals surface area (Å²) in [6.45, 7) is 4.30. The lowest BCUT2D eigenvalue weighted by atomic mass is 10.1. The predicted octanol–water partition coefficient (Wildman–Crippen LogP) is 1.63. The van der Waals surface area contributed by atoms with Crippen molar-refractivity contribution in [2.75, 3.05) is 52.3 Å². The number of hydrogen-bond acceptors (Lipinski definition) is 6. The summed E-state index contributed by atoms with van der Waals surface area (Å²) in [6.07, 6.45) is 1.19. The van der Waals surface area contributed by atoms with Gasteiger partial charge in [0.2, 0.25) is 5.43 Å². The van der Waals surface area contributed by atoms with Gasteiger partial charge >= 0.3 is 5.97 Å². The first-order valence-electron chi connectivity index (χ1n) is 9.46. The zero-order chi connectivity index (χ0) is 21.3. The van der Waals surface area contributed by atoms with Gasteiger partial charge in [0.25, 0.3) is 0 Å². The summed E-state index contributed by atoms with van der Waals surface area (Å²) < 4.78 is 28.2. The number of pyridine rings is 1. The lowest BCUT2D eigenvalue weighted by Gasteiger charge is -2.36. The average molecular weight is 407 g/mol. The number of carbonyl (C=O) groups is 1. The number of aryl methyl sites for hydroxylation is 1. The first-order valence-corrected chi connectivity index (χ1v) is 9.46. The fourth-order valence-corrected chi connectivity index (χ4v) is 3.82. The number of carboxylic acid groups (broad SMARTS) is 1. The number of morpholine rings is 1. The van der Waals surface area contributed by atoms with Gasteiger partial charge in [-0.15, -0.1) is 0 Å². The quantitative estimate of drug-likeness (QED) is 0.779. The molecule has 0 amide bonds. The van der Waals surface area contributed by atoms with Gasteiger partial charge in [-0.3, -0.25) is 4.79 Å². The van der Waals surface area contributed by atoms with Crippen molar-refractivity contribution in [3.63, 3.8) is 0 Å². The van der Waals surface area contributed by atoms with Gasteiger partial charge in [-0.2, -0.15) is 0 Å². The smallest absolute Gasteiger partial charge is 0.341 e. The van der Waals surface area contributed by atoms with Crippen LogP contribution in [0.4, 0.5) is 10.1 Å². The fourth-order valence-electron chi connectivity index (χ4n) is 3.82. The molecule has 1 aromatic heterocycles. The molecule has 0 bridgehead atoms. The van der Waals surface area contributed by atoms with Crippen molar-refractivity contribution in [3.8, 4) is 5.75 Å². The van der Waals surface area contributed by atoms with E-state index in [4.69, 9.17) is 9.47 Å². The molecule has 1 atom stereocenters. The molecule has 1 aromatic carbocycles. The number of ether oxygens (including phenoxy) is 2. The van der Waals surface area contributed by atoms with Crippen LogP contribution in [0.5, 0.6) is 5.75 Å². The van der Waals surface area contributed by atoms with Gasteiger partial charge in [0.05, 0.1) is 30.7 Å². The lowest BCUT2D eigenvalue weighted by Crippen LogP contribution is -2.47. The van der Waals surface area contributed by atoms with Crippen LogP contribution in [0.2, 0.25) is 0 Å². The molecule has 0 aliphatic carbocycles. The molecule has 9 heteroatoms. The molecule has 1 aliphatic heterocycles. The number of aromatic carboxylic acids is 1. The molecule has 1 unspecified atom stereocenters. The number of rotatable bonds is 6.